The van der Waals surface area contributed by atoms with Crippen LogP contribution in [0.25, 0.3) is 0 Å². The summed E-state index contributed by atoms with van der Waals surface area (Å²) in [4.78, 5) is 11.6. The van der Waals surface area contributed by atoms with Crippen molar-refractivity contribution in [2.45, 2.75) is 13.3 Å². The summed E-state index contributed by atoms with van der Waals surface area (Å²) < 4.78 is 22.9. The van der Waals surface area contributed by atoms with E-state index in [1.807, 2.05) is 0 Å². The maximum atomic E-state index is 11.6. The Morgan fingerprint density at radius 1 is 1.44 bits per heavy atom. The van der Waals surface area contributed by atoms with Gasteiger partial charge in [0.2, 0.25) is 5.91 Å². The highest BCUT2D eigenvalue weighted by molar-refractivity contribution is 7.92. The van der Waals surface area contributed by atoms with Crippen molar-refractivity contribution in [3.8, 4) is 0 Å². The third-order valence-corrected chi connectivity index (χ3v) is 4.12. The van der Waals surface area contributed by atoms with Gasteiger partial charge in [0.1, 0.15) is 5.75 Å². The maximum absolute atomic E-state index is 11.6. The molecule has 7 heteroatoms. The highest BCUT2D eigenvalue weighted by Crippen LogP contribution is 2.22. The van der Waals surface area contributed by atoms with Gasteiger partial charge in [-0.2, -0.15) is 0 Å². The molecule has 0 aliphatic rings. The zero-order valence-electron chi connectivity index (χ0n) is 9.94. The molecule has 0 spiro atoms. The molecule has 0 aromatic heterocycles. The lowest BCUT2D eigenvalue weighted by Crippen LogP contribution is -2.24. The first kappa shape index (κ1) is 14.8. The average Bonchev–Trinajstić information content (AvgIpc) is 2.22. The first-order chi connectivity index (χ1) is 8.34. The van der Waals surface area contributed by atoms with Gasteiger partial charge in [-0.3, -0.25) is 4.79 Å². The van der Waals surface area contributed by atoms with Crippen LogP contribution in [0.2, 0.25) is 5.02 Å². The van der Waals surface area contributed by atoms with Crippen LogP contribution in [-0.4, -0.2) is 25.8 Å². The zero-order chi connectivity index (χ0) is 13.8. The van der Waals surface area contributed by atoms with Crippen molar-refractivity contribution in [3.05, 3.63) is 23.2 Å². The summed E-state index contributed by atoms with van der Waals surface area (Å²) in [6, 6.07) is 4.60. The van der Waals surface area contributed by atoms with E-state index in [4.69, 9.17) is 17.3 Å². The van der Waals surface area contributed by atoms with Crippen LogP contribution >= 0.6 is 11.6 Å². The SMILES string of the molecule is CCCS(=O)(=O)CC(=O)Nc1cc(Cl)ccc1N. The molecule has 100 valence electrons. The Labute approximate surface area is 111 Å². The van der Waals surface area contributed by atoms with Gasteiger partial charge < -0.3 is 11.1 Å². The number of hydrogen-bond acceptors (Lipinski definition) is 4. The van der Waals surface area contributed by atoms with Crippen LogP contribution in [0.1, 0.15) is 13.3 Å². The van der Waals surface area contributed by atoms with Crippen molar-refractivity contribution >= 4 is 38.7 Å². The van der Waals surface area contributed by atoms with Gasteiger partial charge in [-0.05, 0) is 24.6 Å². The Morgan fingerprint density at radius 3 is 2.72 bits per heavy atom. The van der Waals surface area contributed by atoms with E-state index < -0.39 is 21.5 Å². The number of anilines is 2. The van der Waals surface area contributed by atoms with Crippen molar-refractivity contribution in [2.75, 3.05) is 22.6 Å². The number of carbonyl (C=O) groups excluding carboxylic acids is 1. The van der Waals surface area contributed by atoms with E-state index in [2.05, 4.69) is 5.32 Å². The number of benzene rings is 1. The number of nitrogens with two attached hydrogens (primary N) is 1. The lowest BCUT2D eigenvalue weighted by Gasteiger charge is -2.08. The molecule has 0 bridgehead atoms. The Bertz CT molecular complexity index is 543. The van der Waals surface area contributed by atoms with Gasteiger partial charge in [0.25, 0.3) is 0 Å². The molecule has 0 saturated carbocycles. The molecular weight excluding hydrogens is 276 g/mol. The van der Waals surface area contributed by atoms with E-state index >= 15 is 0 Å². The van der Waals surface area contributed by atoms with Gasteiger partial charge in [-0.25, -0.2) is 8.42 Å². The maximum Gasteiger partial charge on any atom is 0.239 e. The van der Waals surface area contributed by atoms with E-state index in [1.165, 1.54) is 6.07 Å². The molecule has 0 fully saturated rings. The fourth-order valence-electron chi connectivity index (χ4n) is 1.41. The summed E-state index contributed by atoms with van der Waals surface area (Å²) in [7, 11) is -3.36. The summed E-state index contributed by atoms with van der Waals surface area (Å²) in [5.74, 6) is -1.17. The summed E-state index contributed by atoms with van der Waals surface area (Å²) in [5, 5.41) is 2.85. The van der Waals surface area contributed by atoms with E-state index in [0.717, 1.165) is 0 Å². The lowest BCUT2D eigenvalue weighted by molar-refractivity contribution is -0.113. The second kappa shape index (κ2) is 6.06. The van der Waals surface area contributed by atoms with Gasteiger partial charge in [-0.1, -0.05) is 18.5 Å². The number of rotatable bonds is 5. The molecule has 0 radical (unpaired) electrons. The molecule has 18 heavy (non-hydrogen) atoms. The molecule has 3 N–H and O–H groups in total. The molecular formula is C11H15ClN2O3S. The Kier molecular flexibility index (Phi) is 4.98. The molecule has 0 heterocycles. The smallest absolute Gasteiger partial charge is 0.239 e. The third-order valence-electron chi connectivity index (χ3n) is 2.16. The van der Waals surface area contributed by atoms with E-state index in [1.54, 1.807) is 19.1 Å². The van der Waals surface area contributed by atoms with Gasteiger partial charge in [-0.15, -0.1) is 0 Å². The van der Waals surface area contributed by atoms with Crippen LogP contribution in [0.5, 0.6) is 0 Å². The average molecular weight is 291 g/mol. The molecule has 1 rings (SSSR count). The molecule has 0 atom stereocenters. The highest BCUT2D eigenvalue weighted by atomic mass is 35.5. The molecule has 0 saturated heterocycles. The summed E-state index contributed by atoms with van der Waals surface area (Å²) >= 11 is 5.76. The van der Waals surface area contributed by atoms with E-state index in [-0.39, 0.29) is 5.75 Å². The number of nitrogen functional groups attached to an aromatic ring is 1. The summed E-state index contributed by atoms with van der Waals surface area (Å²) in [6.45, 7) is 1.74. The van der Waals surface area contributed by atoms with Crippen molar-refractivity contribution in [2.24, 2.45) is 0 Å². The van der Waals surface area contributed by atoms with Crippen LogP contribution < -0.4 is 11.1 Å². The normalized spacial score (nSPS) is 11.2. The lowest BCUT2D eigenvalue weighted by atomic mass is 10.2. The Balaban J connectivity index is 2.74. The van der Waals surface area contributed by atoms with Crippen LogP contribution in [0.3, 0.4) is 0 Å². The standard InChI is InChI=1S/C11H15ClN2O3S/c1-2-5-18(16,17)7-11(15)14-10-6-8(12)3-4-9(10)13/h3-4,6H,2,5,7,13H2,1H3,(H,14,15). The molecule has 0 unspecified atom stereocenters. The van der Waals surface area contributed by atoms with Crippen LogP contribution in [0, 0.1) is 0 Å². The predicted octanol–water partition coefficient (Wildman–Crippen LogP) is 1.69. The molecule has 1 aromatic carbocycles. The topological polar surface area (TPSA) is 89.3 Å². The second-order valence-electron chi connectivity index (χ2n) is 3.87. The Hall–Kier alpha value is -1.27. The van der Waals surface area contributed by atoms with Crippen LogP contribution in [-0.2, 0) is 14.6 Å². The van der Waals surface area contributed by atoms with Crippen LogP contribution in [0.4, 0.5) is 11.4 Å². The predicted molar refractivity (Wildman–Crippen MR) is 73.4 cm³/mol. The molecule has 5 nitrogen and oxygen atoms in total. The first-order valence-electron chi connectivity index (χ1n) is 5.39. The largest absolute Gasteiger partial charge is 0.397 e. The van der Waals surface area contributed by atoms with Gasteiger partial charge in [0, 0.05) is 5.02 Å². The minimum atomic E-state index is -3.36. The van der Waals surface area contributed by atoms with Crippen molar-refractivity contribution in [1.82, 2.24) is 0 Å². The van der Waals surface area contributed by atoms with Crippen molar-refractivity contribution < 1.29 is 13.2 Å². The third kappa shape index (κ3) is 4.54. The van der Waals surface area contributed by atoms with E-state index in [0.29, 0.717) is 22.8 Å². The number of nitrogens with one attached hydrogen (secondary N) is 1. The van der Waals surface area contributed by atoms with Gasteiger partial charge >= 0.3 is 0 Å². The monoisotopic (exact) mass is 290 g/mol. The number of carbonyl (C=O) groups is 1. The highest BCUT2D eigenvalue weighted by Gasteiger charge is 2.16. The number of hydrogen-bond donors (Lipinski definition) is 2. The summed E-state index contributed by atoms with van der Waals surface area (Å²) in [5.41, 5.74) is 6.29. The summed E-state index contributed by atoms with van der Waals surface area (Å²) in [6.07, 6.45) is 0.481. The zero-order valence-corrected chi connectivity index (χ0v) is 11.5. The minimum absolute atomic E-state index is 0.00848. The van der Waals surface area contributed by atoms with Crippen molar-refractivity contribution in [1.29, 1.82) is 0 Å². The fourth-order valence-corrected chi connectivity index (χ4v) is 2.82. The minimum Gasteiger partial charge on any atom is -0.397 e. The number of amides is 1. The molecule has 0 aliphatic heterocycles. The second-order valence-corrected chi connectivity index (χ2v) is 6.49. The fraction of sp³-hybridized carbons (Fsp3) is 0.364. The van der Waals surface area contributed by atoms with Gasteiger partial charge in [0.05, 0.1) is 17.1 Å². The number of halogens is 1. The molecule has 1 amide bonds. The first-order valence-corrected chi connectivity index (χ1v) is 7.59. The number of sulfone groups is 1. The van der Waals surface area contributed by atoms with Crippen molar-refractivity contribution in [3.63, 3.8) is 0 Å². The molecule has 0 aliphatic carbocycles. The molecule has 1 aromatic rings. The van der Waals surface area contributed by atoms with Crippen LogP contribution in [0.15, 0.2) is 18.2 Å². The quantitative estimate of drug-likeness (QED) is 0.808. The Morgan fingerprint density at radius 2 is 2.11 bits per heavy atom. The van der Waals surface area contributed by atoms with E-state index in [9.17, 15) is 13.2 Å². The van der Waals surface area contributed by atoms with Gasteiger partial charge in [0.15, 0.2) is 9.84 Å².